The van der Waals surface area contributed by atoms with Crippen LogP contribution in [0.4, 0.5) is 9.18 Å². The molecule has 0 aromatic heterocycles. The van der Waals surface area contributed by atoms with Crippen molar-refractivity contribution in [3.63, 3.8) is 0 Å². The zero-order chi connectivity index (χ0) is 15.3. The molecule has 0 aliphatic carbocycles. The van der Waals surface area contributed by atoms with E-state index in [9.17, 15) is 14.0 Å². The highest BCUT2D eigenvalue weighted by Gasteiger charge is 2.18. The van der Waals surface area contributed by atoms with E-state index in [1.807, 2.05) is 12.2 Å². The van der Waals surface area contributed by atoms with Gasteiger partial charge in [-0.25, -0.2) is 9.18 Å². The van der Waals surface area contributed by atoms with E-state index in [1.165, 1.54) is 19.1 Å². The average molecular weight is 283 g/mol. The van der Waals surface area contributed by atoms with Gasteiger partial charge in [-0.05, 0) is 38.6 Å². The zero-order valence-corrected chi connectivity index (χ0v) is 11.6. The Balaban J connectivity index is 2.78. The molecule has 6 nitrogen and oxygen atoms in total. The van der Waals surface area contributed by atoms with Crippen molar-refractivity contribution in [3.8, 4) is 5.75 Å². The molecule has 1 aromatic carbocycles. The third-order valence-electron chi connectivity index (χ3n) is 2.81. The number of halogens is 1. The second-order valence-electron chi connectivity index (χ2n) is 4.31. The normalized spacial score (nSPS) is 13.4. The maximum absolute atomic E-state index is 13.9. The highest BCUT2D eigenvalue weighted by atomic mass is 19.1. The molecule has 2 atom stereocenters. The molecule has 0 radical (unpaired) electrons. The van der Waals surface area contributed by atoms with Crippen LogP contribution in [0.2, 0.25) is 0 Å². The van der Waals surface area contributed by atoms with Crippen LogP contribution in [0.25, 0.3) is 0 Å². The second-order valence-corrected chi connectivity index (χ2v) is 4.31. The number of hydrogen-bond acceptors (Lipinski definition) is 4. The third kappa shape index (κ3) is 4.20. The van der Waals surface area contributed by atoms with Gasteiger partial charge in [-0.1, -0.05) is 6.07 Å². The van der Waals surface area contributed by atoms with E-state index in [2.05, 4.69) is 5.32 Å². The lowest BCUT2D eigenvalue weighted by atomic mass is 10.1. The fourth-order valence-corrected chi connectivity index (χ4v) is 1.52. The van der Waals surface area contributed by atoms with E-state index in [4.69, 9.17) is 10.5 Å². The van der Waals surface area contributed by atoms with Crippen molar-refractivity contribution in [1.82, 2.24) is 10.6 Å². The minimum Gasteiger partial charge on any atom is -0.478 e. The quantitative estimate of drug-likeness (QED) is 0.753. The number of primary amides is 1. The van der Waals surface area contributed by atoms with Gasteiger partial charge in [-0.3, -0.25) is 10.1 Å². The van der Waals surface area contributed by atoms with Gasteiger partial charge in [0, 0.05) is 6.04 Å². The van der Waals surface area contributed by atoms with Crippen LogP contribution < -0.4 is 21.1 Å². The second kappa shape index (κ2) is 6.85. The van der Waals surface area contributed by atoms with Crippen molar-refractivity contribution < 1.29 is 18.7 Å². The summed E-state index contributed by atoms with van der Waals surface area (Å²) in [7, 11) is 1.77. The van der Waals surface area contributed by atoms with E-state index in [-0.39, 0.29) is 11.8 Å². The zero-order valence-electron chi connectivity index (χ0n) is 11.6. The maximum Gasteiger partial charge on any atom is 0.318 e. The lowest BCUT2D eigenvalue weighted by molar-refractivity contribution is -0.126. The van der Waals surface area contributed by atoms with Crippen molar-refractivity contribution in [2.45, 2.75) is 26.0 Å². The predicted octanol–water partition coefficient (Wildman–Crippen LogP) is 1.07. The number of carbonyl (C=O) groups is 2. The fraction of sp³-hybridized carbons (Fsp3) is 0.385. The lowest BCUT2D eigenvalue weighted by Crippen LogP contribution is -2.42. The summed E-state index contributed by atoms with van der Waals surface area (Å²) in [5.74, 6) is -1.38. The minimum absolute atomic E-state index is 0.00543. The van der Waals surface area contributed by atoms with Gasteiger partial charge in [0.05, 0.1) is 0 Å². The number of ether oxygens (including phenoxy) is 1. The van der Waals surface area contributed by atoms with Crippen LogP contribution in [0.1, 0.15) is 25.5 Å². The number of nitrogens with one attached hydrogen (secondary N) is 2. The molecule has 4 N–H and O–H groups in total. The summed E-state index contributed by atoms with van der Waals surface area (Å²) in [5.41, 5.74) is 5.57. The molecule has 7 heteroatoms. The number of urea groups is 1. The van der Waals surface area contributed by atoms with Gasteiger partial charge < -0.3 is 15.8 Å². The largest absolute Gasteiger partial charge is 0.478 e. The highest BCUT2D eigenvalue weighted by molar-refractivity contribution is 5.95. The van der Waals surface area contributed by atoms with Crippen molar-refractivity contribution >= 4 is 11.9 Å². The first-order valence-electron chi connectivity index (χ1n) is 6.08. The van der Waals surface area contributed by atoms with Gasteiger partial charge in [0.1, 0.15) is 0 Å². The molecular formula is C13H18FN3O3. The molecule has 0 saturated carbocycles. The summed E-state index contributed by atoms with van der Waals surface area (Å²) >= 11 is 0. The molecular weight excluding hydrogens is 265 g/mol. The monoisotopic (exact) mass is 283 g/mol. The number of imide groups is 1. The molecule has 1 aromatic rings. The van der Waals surface area contributed by atoms with Crippen LogP contribution >= 0.6 is 0 Å². The SMILES string of the molecule is CNC(C)c1ccc(OC(C)C(=O)NC(N)=O)c(F)c1. The molecule has 0 aliphatic heterocycles. The van der Waals surface area contributed by atoms with E-state index in [0.717, 1.165) is 5.56 Å². The van der Waals surface area contributed by atoms with E-state index >= 15 is 0 Å². The number of amides is 3. The first-order valence-corrected chi connectivity index (χ1v) is 6.08. The van der Waals surface area contributed by atoms with Crippen molar-refractivity contribution in [2.24, 2.45) is 5.73 Å². The summed E-state index contributed by atoms with van der Waals surface area (Å²) in [6.07, 6.45) is -1.04. The van der Waals surface area contributed by atoms with Crippen molar-refractivity contribution in [2.75, 3.05) is 7.05 Å². The van der Waals surface area contributed by atoms with Crippen LogP contribution in [0.3, 0.4) is 0 Å². The summed E-state index contributed by atoms with van der Waals surface area (Å²) in [6, 6.07) is 3.47. The van der Waals surface area contributed by atoms with E-state index < -0.39 is 23.9 Å². The number of hydrogen-bond donors (Lipinski definition) is 3. The van der Waals surface area contributed by atoms with Gasteiger partial charge in [-0.2, -0.15) is 0 Å². The Hall–Kier alpha value is -2.15. The van der Waals surface area contributed by atoms with Crippen LogP contribution in [0.5, 0.6) is 5.75 Å². The highest BCUT2D eigenvalue weighted by Crippen LogP contribution is 2.22. The Morgan fingerprint density at radius 3 is 2.50 bits per heavy atom. The molecule has 0 saturated heterocycles. The predicted molar refractivity (Wildman–Crippen MR) is 71.7 cm³/mol. The molecule has 0 bridgehead atoms. The lowest BCUT2D eigenvalue weighted by Gasteiger charge is -2.16. The third-order valence-corrected chi connectivity index (χ3v) is 2.81. The molecule has 110 valence electrons. The molecule has 2 unspecified atom stereocenters. The van der Waals surface area contributed by atoms with Crippen molar-refractivity contribution in [1.29, 1.82) is 0 Å². The summed E-state index contributed by atoms with van der Waals surface area (Å²) in [4.78, 5) is 22.0. The molecule has 0 heterocycles. The molecule has 0 spiro atoms. The van der Waals surface area contributed by atoms with E-state index in [0.29, 0.717) is 0 Å². The molecule has 20 heavy (non-hydrogen) atoms. The van der Waals surface area contributed by atoms with Crippen LogP contribution in [-0.4, -0.2) is 25.1 Å². The summed E-state index contributed by atoms with van der Waals surface area (Å²) in [5, 5.41) is 4.85. The standard InChI is InChI=1S/C13H18FN3O3/c1-7(16-3)9-4-5-11(10(14)6-9)20-8(2)12(18)17-13(15)19/h4-8,16H,1-3H3,(H3,15,17,18,19). The summed E-state index contributed by atoms with van der Waals surface area (Å²) < 4.78 is 19.0. The Morgan fingerprint density at radius 2 is 2.00 bits per heavy atom. The van der Waals surface area contributed by atoms with Gasteiger partial charge >= 0.3 is 6.03 Å². The molecule has 1 rings (SSSR count). The number of carbonyl (C=O) groups excluding carboxylic acids is 2. The van der Waals surface area contributed by atoms with Crippen molar-refractivity contribution in [3.05, 3.63) is 29.6 Å². The smallest absolute Gasteiger partial charge is 0.318 e. The van der Waals surface area contributed by atoms with Gasteiger partial charge in [0.2, 0.25) is 0 Å². The Bertz CT molecular complexity index is 508. The van der Waals surface area contributed by atoms with Crippen LogP contribution in [0.15, 0.2) is 18.2 Å². The molecule has 3 amide bonds. The van der Waals surface area contributed by atoms with Gasteiger partial charge in [0.15, 0.2) is 17.7 Å². The Labute approximate surface area is 116 Å². The summed E-state index contributed by atoms with van der Waals surface area (Å²) in [6.45, 7) is 3.28. The van der Waals surface area contributed by atoms with Gasteiger partial charge in [-0.15, -0.1) is 0 Å². The average Bonchev–Trinajstić information content (AvgIpc) is 2.39. The van der Waals surface area contributed by atoms with Crippen LogP contribution in [-0.2, 0) is 4.79 Å². The Kier molecular flexibility index (Phi) is 5.45. The number of rotatable bonds is 5. The fourth-order valence-electron chi connectivity index (χ4n) is 1.52. The van der Waals surface area contributed by atoms with Crippen LogP contribution in [0, 0.1) is 5.82 Å². The number of nitrogens with two attached hydrogens (primary N) is 1. The van der Waals surface area contributed by atoms with Gasteiger partial charge in [0.25, 0.3) is 5.91 Å². The van der Waals surface area contributed by atoms with E-state index in [1.54, 1.807) is 13.1 Å². The molecule has 0 aliphatic rings. The Morgan fingerprint density at radius 1 is 1.35 bits per heavy atom. The molecule has 0 fully saturated rings. The first-order chi connectivity index (χ1) is 9.35. The topological polar surface area (TPSA) is 93.4 Å². The first kappa shape index (κ1) is 15.9. The minimum atomic E-state index is -1.04. The number of benzene rings is 1. The maximum atomic E-state index is 13.9.